The Bertz CT molecular complexity index is 934. The Hall–Kier alpha value is -3.25. The van der Waals surface area contributed by atoms with Crippen LogP contribution in [0.25, 0.3) is 11.3 Å². The lowest BCUT2D eigenvalue weighted by Gasteiger charge is -2.38. The van der Waals surface area contributed by atoms with Gasteiger partial charge in [0.05, 0.1) is 23.8 Å². The highest BCUT2D eigenvalue weighted by atomic mass is 19.4. The summed E-state index contributed by atoms with van der Waals surface area (Å²) in [5.41, 5.74) is 3.63. The van der Waals surface area contributed by atoms with Crippen LogP contribution in [0.15, 0.2) is 36.7 Å². The van der Waals surface area contributed by atoms with Gasteiger partial charge in [-0.15, -0.1) is 0 Å². The number of halogens is 3. The van der Waals surface area contributed by atoms with Crippen molar-refractivity contribution in [3.63, 3.8) is 0 Å². The molecule has 2 heterocycles. The number of alkyl halides is 3. The minimum atomic E-state index is -5.08. The number of carboxylic acid groups (broad SMARTS) is 1. The minimum Gasteiger partial charge on any atom is -0.475 e. The minimum absolute atomic E-state index is 0.135. The fourth-order valence-corrected chi connectivity index (χ4v) is 3.11. The smallest absolute Gasteiger partial charge is 0.475 e. The first-order valence-electron chi connectivity index (χ1n) is 10.1. The number of aromatic nitrogens is 2. The number of anilines is 1. The van der Waals surface area contributed by atoms with E-state index in [0.29, 0.717) is 0 Å². The number of hydrogen-bond acceptors (Lipinski definition) is 6. The first kappa shape index (κ1) is 26.0. The van der Waals surface area contributed by atoms with Crippen LogP contribution in [0.4, 0.5) is 23.7 Å². The summed E-state index contributed by atoms with van der Waals surface area (Å²) in [5, 5.41) is 15.9. The molecule has 12 heteroatoms. The number of hydrogen-bond donors (Lipinski definition) is 4. The highest BCUT2D eigenvalue weighted by molar-refractivity contribution is 5.89. The summed E-state index contributed by atoms with van der Waals surface area (Å²) in [4.78, 5) is 31.8. The number of aliphatic carboxylic acids is 1. The third kappa shape index (κ3) is 8.66. The summed E-state index contributed by atoms with van der Waals surface area (Å²) >= 11 is 0. The van der Waals surface area contributed by atoms with Gasteiger partial charge >= 0.3 is 18.2 Å². The van der Waals surface area contributed by atoms with Crippen molar-refractivity contribution in [2.45, 2.75) is 32.1 Å². The maximum atomic E-state index is 11.3. The van der Waals surface area contributed by atoms with Crippen molar-refractivity contribution in [3.05, 3.63) is 42.4 Å². The van der Waals surface area contributed by atoms with E-state index >= 15 is 0 Å². The Balaban J connectivity index is 0.000000479. The van der Waals surface area contributed by atoms with Crippen molar-refractivity contribution in [3.8, 4) is 11.3 Å². The zero-order chi connectivity index (χ0) is 24.6. The van der Waals surface area contributed by atoms with Crippen molar-refractivity contribution >= 4 is 17.7 Å². The molecule has 1 aliphatic rings. The molecule has 0 saturated carbocycles. The lowest BCUT2D eigenvalue weighted by atomic mass is 10.0. The monoisotopic (exact) mass is 468 g/mol. The summed E-state index contributed by atoms with van der Waals surface area (Å²) in [6, 6.07) is 7.31. The number of urea groups is 1. The molecule has 1 aromatic heterocycles. The number of piperazine rings is 1. The second kappa shape index (κ2) is 11.1. The van der Waals surface area contributed by atoms with Crippen LogP contribution in [-0.2, 0) is 11.3 Å². The predicted molar refractivity (Wildman–Crippen MR) is 117 cm³/mol. The summed E-state index contributed by atoms with van der Waals surface area (Å²) in [6.45, 7) is 8.26. The number of benzene rings is 1. The fourth-order valence-electron chi connectivity index (χ4n) is 3.11. The highest BCUT2D eigenvalue weighted by Gasteiger charge is 2.38. The van der Waals surface area contributed by atoms with E-state index in [1.807, 2.05) is 36.7 Å². The number of rotatable bonds is 4. The SMILES string of the molecule is CNC(=O)Nc1ccc(-c2cnc(CN3CCNC(C)(C)C3)cn2)cc1.O=C(O)C(F)(F)F. The molecular weight excluding hydrogens is 441 g/mol. The average molecular weight is 468 g/mol. The van der Waals surface area contributed by atoms with Gasteiger partial charge in [-0.05, 0) is 26.0 Å². The van der Waals surface area contributed by atoms with Crippen molar-refractivity contribution in [2.75, 3.05) is 32.0 Å². The summed E-state index contributed by atoms with van der Waals surface area (Å²) < 4.78 is 31.7. The van der Waals surface area contributed by atoms with Crippen molar-refractivity contribution < 1.29 is 27.9 Å². The fraction of sp³-hybridized carbons (Fsp3) is 0.429. The Morgan fingerprint density at radius 2 is 1.82 bits per heavy atom. The predicted octanol–water partition coefficient (Wildman–Crippen LogP) is 2.71. The standard InChI is InChI=1S/C19H26N6O.C2HF3O2/c1-19(2)13-25(9-8-23-19)12-16-10-22-17(11-21-16)14-4-6-15(7-5-14)24-18(26)20-3;3-2(4,5)1(6)7/h4-7,10-11,23H,8-9,12-13H2,1-3H3,(H2,20,24,26);(H,6,7). The molecule has 180 valence electrons. The lowest BCUT2D eigenvalue weighted by Crippen LogP contribution is -2.56. The second-order valence-electron chi connectivity index (χ2n) is 8.00. The molecule has 1 aromatic carbocycles. The molecule has 1 aliphatic heterocycles. The van der Waals surface area contributed by atoms with E-state index < -0.39 is 12.1 Å². The van der Waals surface area contributed by atoms with Crippen LogP contribution in [0.3, 0.4) is 0 Å². The van der Waals surface area contributed by atoms with Gasteiger partial charge in [0.1, 0.15) is 0 Å². The Labute approximate surface area is 189 Å². The normalized spacial score (nSPS) is 15.7. The largest absolute Gasteiger partial charge is 0.490 e. The van der Waals surface area contributed by atoms with Gasteiger partial charge in [0.2, 0.25) is 0 Å². The third-order valence-electron chi connectivity index (χ3n) is 4.65. The lowest BCUT2D eigenvalue weighted by molar-refractivity contribution is -0.192. The molecule has 3 rings (SSSR count). The van der Waals surface area contributed by atoms with Gasteiger partial charge in [-0.3, -0.25) is 14.9 Å². The van der Waals surface area contributed by atoms with Crippen molar-refractivity contribution in [2.24, 2.45) is 0 Å². The molecule has 9 nitrogen and oxygen atoms in total. The van der Waals surface area contributed by atoms with E-state index in [-0.39, 0.29) is 11.6 Å². The van der Waals surface area contributed by atoms with Gasteiger partial charge in [0.25, 0.3) is 0 Å². The van der Waals surface area contributed by atoms with E-state index in [0.717, 1.165) is 48.8 Å². The van der Waals surface area contributed by atoms with Gasteiger partial charge in [-0.25, -0.2) is 9.59 Å². The van der Waals surface area contributed by atoms with Crippen LogP contribution in [0.1, 0.15) is 19.5 Å². The topological polar surface area (TPSA) is 119 Å². The third-order valence-corrected chi connectivity index (χ3v) is 4.65. The van der Waals surface area contributed by atoms with Crippen LogP contribution in [0, 0.1) is 0 Å². The van der Waals surface area contributed by atoms with Gasteiger partial charge in [0.15, 0.2) is 0 Å². The summed E-state index contributed by atoms with van der Waals surface area (Å²) in [5.74, 6) is -2.76. The Morgan fingerprint density at radius 1 is 1.18 bits per heavy atom. The van der Waals surface area contributed by atoms with E-state index in [1.54, 1.807) is 7.05 Å². The maximum absolute atomic E-state index is 11.3. The molecule has 33 heavy (non-hydrogen) atoms. The highest BCUT2D eigenvalue weighted by Crippen LogP contribution is 2.19. The number of nitrogens with zero attached hydrogens (tertiary/aromatic N) is 3. The number of carbonyl (C=O) groups excluding carboxylic acids is 1. The van der Waals surface area contributed by atoms with Crippen LogP contribution in [0.5, 0.6) is 0 Å². The zero-order valence-electron chi connectivity index (χ0n) is 18.5. The molecule has 1 fully saturated rings. The van der Waals surface area contributed by atoms with Gasteiger partial charge in [-0.1, -0.05) is 12.1 Å². The number of carboxylic acids is 1. The molecule has 0 unspecified atom stereocenters. The molecule has 2 amide bonds. The van der Waals surface area contributed by atoms with Crippen LogP contribution in [-0.4, -0.2) is 70.4 Å². The van der Waals surface area contributed by atoms with Crippen molar-refractivity contribution in [1.29, 1.82) is 0 Å². The van der Waals surface area contributed by atoms with Gasteiger partial charge in [-0.2, -0.15) is 13.2 Å². The first-order valence-corrected chi connectivity index (χ1v) is 10.1. The molecule has 0 bridgehead atoms. The summed E-state index contributed by atoms with van der Waals surface area (Å²) in [6.07, 6.45) is -1.43. The van der Waals surface area contributed by atoms with Crippen LogP contribution in [0.2, 0.25) is 0 Å². The molecular formula is C21H27F3N6O3. The maximum Gasteiger partial charge on any atom is 0.490 e. The van der Waals surface area contributed by atoms with Gasteiger partial charge in [0, 0.05) is 50.0 Å². The van der Waals surface area contributed by atoms with E-state index in [2.05, 4.69) is 44.7 Å². The Kier molecular flexibility index (Phi) is 8.71. The molecule has 1 saturated heterocycles. The molecule has 0 aliphatic carbocycles. The second-order valence-corrected chi connectivity index (χ2v) is 8.00. The van der Waals surface area contributed by atoms with E-state index in [1.165, 1.54) is 0 Å². The van der Waals surface area contributed by atoms with Gasteiger partial charge < -0.3 is 21.1 Å². The number of amides is 2. The number of nitrogens with one attached hydrogen (secondary N) is 3. The molecule has 0 spiro atoms. The van der Waals surface area contributed by atoms with Crippen LogP contribution >= 0.6 is 0 Å². The Morgan fingerprint density at radius 3 is 2.30 bits per heavy atom. The molecule has 0 atom stereocenters. The summed E-state index contributed by atoms with van der Waals surface area (Å²) in [7, 11) is 1.59. The quantitative estimate of drug-likeness (QED) is 0.545. The molecule has 0 radical (unpaired) electrons. The molecule has 2 aromatic rings. The first-order chi connectivity index (χ1) is 15.4. The van der Waals surface area contributed by atoms with Crippen molar-refractivity contribution in [1.82, 2.24) is 25.5 Å². The molecule has 4 N–H and O–H groups in total. The number of carbonyl (C=O) groups is 2. The van der Waals surface area contributed by atoms with E-state index in [4.69, 9.17) is 9.90 Å². The zero-order valence-corrected chi connectivity index (χ0v) is 18.5. The average Bonchev–Trinajstić information content (AvgIpc) is 2.74. The van der Waals surface area contributed by atoms with Crippen LogP contribution < -0.4 is 16.0 Å². The van der Waals surface area contributed by atoms with E-state index in [9.17, 15) is 18.0 Å².